The Morgan fingerprint density at radius 3 is 2.32 bits per heavy atom. The van der Waals surface area contributed by atoms with Gasteiger partial charge in [-0.15, -0.1) is 0 Å². The molecule has 2 aromatic carbocycles. The summed E-state index contributed by atoms with van der Waals surface area (Å²) in [6.07, 6.45) is 5.49. The summed E-state index contributed by atoms with van der Waals surface area (Å²) in [6, 6.07) is 22.9. The second-order valence-electron chi connectivity index (χ2n) is 7.13. The van der Waals surface area contributed by atoms with Gasteiger partial charge in [-0.3, -0.25) is 14.8 Å². The number of aliphatic imine (C=N–C) groups is 1. The lowest BCUT2D eigenvalue weighted by atomic mass is 9.97. The molecule has 0 spiro atoms. The van der Waals surface area contributed by atoms with Crippen LogP contribution in [-0.2, 0) is 0 Å². The van der Waals surface area contributed by atoms with Crippen molar-refractivity contribution in [2.45, 2.75) is 6.04 Å². The molecule has 0 saturated heterocycles. The van der Waals surface area contributed by atoms with Crippen molar-refractivity contribution in [2.24, 2.45) is 10.7 Å². The highest BCUT2D eigenvalue weighted by molar-refractivity contribution is 5.91. The number of ether oxygens (including phenoxy) is 1. The van der Waals surface area contributed by atoms with E-state index in [4.69, 9.17) is 10.5 Å². The fourth-order valence-electron chi connectivity index (χ4n) is 3.40. The van der Waals surface area contributed by atoms with Crippen molar-refractivity contribution in [1.82, 2.24) is 9.97 Å². The van der Waals surface area contributed by atoms with Crippen molar-refractivity contribution in [2.75, 3.05) is 0 Å². The summed E-state index contributed by atoms with van der Waals surface area (Å²) < 4.78 is 6.10. The molecular weight excluding hydrogens is 388 g/mol. The summed E-state index contributed by atoms with van der Waals surface area (Å²) in [5.41, 5.74) is 10.4. The Bertz CT molecular complexity index is 1280. The predicted octanol–water partition coefficient (Wildman–Crippen LogP) is 4.83. The summed E-state index contributed by atoms with van der Waals surface area (Å²) in [6.45, 7) is 0. The number of nitrogens with two attached hydrogens (primary N) is 1. The molecule has 150 valence electrons. The number of primary amides is 1. The van der Waals surface area contributed by atoms with E-state index in [0.29, 0.717) is 11.4 Å². The second-order valence-corrected chi connectivity index (χ2v) is 7.13. The Morgan fingerprint density at radius 1 is 0.871 bits per heavy atom. The molecule has 1 amide bonds. The molecule has 1 unspecified atom stereocenters. The Morgan fingerprint density at radius 2 is 1.61 bits per heavy atom. The van der Waals surface area contributed by atoms with Gasteiger partial charge in [-0.1, -0.05) is 12.1 Å². The zero-order valence-corrected chi connectivity index (χ0v) is 16.5. The van der Waals surface area contributed by atoms with Crippen molar-refractivity contribution < 1.29 is 9.53 Å². The number of carbonyl (C=O) groups excluding carboxylic acids is 1. The predicted molar refractivity (Wildman–Crippen MR) is 119 cm³/mol. The van der Waals surface area contributed by atoms with Crippen molar-refractivity contribution in [3.63, 3.8) is 0 Å². The number of rotatable bonds is 6. The fourth-order valence-corrected chi connectivity index (χ4v) is 3.40. The van der Waals surface area contributed by atoms with Gasteiger partial charge >= 0.3 is 0 Å². The van der Waals surface area contributed by atoms with Crippen molar-refractivity contribution in [1.29, 1.82) is 0 Å². The first kappa shape index (κ1) is 18.7. The average molecular weight is 406 g/mol. The average Bonchev–Trinajstić information content (AvgIpc) is 3.66. The summed E-state index contributed by atoms with van der Waals surface area (Å²) in [7, 11) is 0. The van der Waals surface area contributed by atoms with Crippen LogP contribution < -0.4 is 10.5 Å². The molecule has 6 heteroatoms. The van der Waals surface area contributed by atoms with E-state index >= 15 is 0 Å². The number of benzene rings is 2. The van der Waals surface area contributed by atoms with E-state index in [-0.39, 0.29) is 11.7 Å². The van der Waals surface area contributed by atoms with Gasteiger partial charge in [0.1, 0.15) is 23.2 Å². The quantitative estimate of drug-likeness (QED) is 0.497. The molecule has 31 heavy (non-hydrogen) atoms. The Kier molecular flexibility index (Phi) is 4.72. The van der Waals surface area contributed by atoms with E-state index in [1.165, 1.54) is 0 Å². The van der Waals surface area contributed by atoms with Crippen LogP contribution in [0.4, 0.5) is 0 Å². The minimum atomic E-state index is -0.549. The zero-order chi connectivity index (χ0) is 21.2. The van der Waals surface area contributed by atoms with Crippen LogP contribution in [0, 0.1) is 0 Å². The summed E-state index contributed by atoms with van der Waals surface area (Å²) in [4.78, 5) is 24.1. The van der Waals surface area contributed by atoms with Crippen LogP contribution in [-0.4, -0.2) is 22.1 Å². The van der Waals surface area contributed by atoms with Gasteiger partial charge in [0.25, 0.3) is 5.91 Å². The molecule has 6 nitrogen and oxygen atoms in total. The molecule has 1 aliphatic rings. The largest absolute Gasteiger partial charge is 0.457 e. The number of hydrogen-bond acceptors (Lipinski definition) is 5. The first-order valence-corrected chi connectivity index (χ1v) is 9.80. The molecule has 3 heterocycles. The minimum Gasteiger partial charge on any atom is -0.457 e. The van der Waals surface area contributed by atoms with Crippen LogP contribution in [0.25, 0.3) is 22.4 Å². The smallest absolute Gasteiger partial charge is 0.267 e. The molecule has 0 saturated carbocycles. The molecular formula is C25H18N4O2. The Labute approximate surface area is 179 Å². The topological polar surface area (TPSA) is 90.5 Å². The monoisotopic (exact) mass is 406 g/mol. The molecule has 1 atom stereocenters. The number of nitrogens with zero attached hydrogens (tertiary/aromatic N) is 3. The van der Waals surface area contributed by atoms with Crippen LogP contribution in [0.5, 0.6) is 11.5 Å². The van der Waals surface area contributed by atoms with Crippen molar-refractivity contribution in [3.8, 4) is 33.9 Å². The lowest BCUT2D eigenvalue weighted by Crippen LogP contribution is -2.12. The second kappa shape index (κ2) is 7.84. The fraction of sp³-hybridized carbons (Fsp3) is 0.0400. The molecule has 2 N–H and O–H groups in total. The Hall–Kier alpha value is -4.32. The van der Waals surface area contributed by atoms with Gasteiger partial charge in [0.05, 0.1) is 5.69 Å². The van der Waals surface area contributed by atoms with Gasteiger partial charge in [-0.05, 0) is 77.4 Å². The SMILES string of the molecule is NC(=O)c1cccc(-c2ccc(Oc3ccc(C4C=N4)c(-c4ccncc4)c3)cc2)n1. The van der Waals surface area contributed by atoms with E-state index in [2.05, 4.69) is 21.0 Å². The first-order valence-electron chi connectivity index (χ1n) is 9.80. The standard InChI is InChI=1S/C25H18N4O2/c26-25(30)23-3-1-2-22(29-23)17-4-6-18(7-5-17)31-19-8-9-20(24-15-28-24)21(14-19)16-10-12-27-13-11-16/h1-15,24H,(H2,26,30). The van der Waals surface area contributed by atoms with Crippen molar-refractivity contribution >= 4 is 12.1 Å². The highest BCUT2D eigenvalue weighted by Gasteiger charge is 2.21. The number of pyridine rings is 2. The summed E-state index contributed by atoms with van der Waals surface area (Å²) >= 11 is 0. The van der Waals surface area contributed by atoms with Crippen LogP contribution in [0.15, 0.2) is 90.2 Å². The van der Waals surface area contributed by atoms with Gasteiger partial charge in [-0.25, -0.2) is 4.98 Å². The molecule has 0 radical (unpaired) electrons. The Balaban J connectivity index is 1.40. The lowest BCUT2D eigenvalue weighted by molar-refractivity contribution is 0.0995. The first-order chi connectivity index (χ1) is 15.2. The van der Waals surface area contributed by atoms with Crippen molar-refractivity contribution in [3.05, 3.63) is 96.4 Å². The summed E-state index contributed by atoms with van der Waals surface area (Å²) in [5, 5.41) is 0. The lowest BCUT2D eigenvalue weighted by Gasteiger charge is -2.12. The molecule has 0 fully saturated rings. The maximum atomic E-state index is 11.4. The van der Waals surface area contributed by atoms with Crippen LogP contribution >= 0.6 is 0 Å². The number of aromatic nitrogens is 2. The number of amides is 1. The van der Waals surface area contributed by atoms with Gasteiger partial charge in [0.2, 0.25) is 0 Å². The maximum absolute atomic E-state index is 11.4. The van der Waals surface area contributed by atoms with Gasteiger partial charge in [0.15, 0.2) is 0 Å². The van der Waals surface area contributed by atoms with E-state index in [9.17, 15) is 4.79 Å². The third-order valence-corrected chi connectivity index (χ3v) is 5.02. The number of hydrogen-bond donors (Lipinski definition) is 1. The van der Waals surface area contributed by atoms with Gasteiger partial charge in [0, 0.05) is 24.2 Å². The molecule has 0 bridgehead atoms. The highest BCUT2D eigenvalue weighted by atomic mass is 16.5. The van der Waals surface area contributed by atoms with Gasteiger partial charge < -0.3 is 10.5 Å². The van der Waals surface area contributed by atoms with Crippen LogP contribution in [0.1, 0.15) is 22.1 Å². The maximum Gasteiger partial charge on any atom is 0.267 e. The number of carbonyl (C=O) groups is 1. The molecule has 0 aliphatic carbocycles. The van der Waals surface area contributed by atoms with E-state index in [1.54, 1.807) is 24.5 Å². The molecule has 5 rings (SSSR count). The van der Waals surface area contributed by atoms with E-state index in [1.807, 2.05) is 60.8 Å². The molecule has 2 aromatic heterocycles. The van der Waals surface area contributed by atoms with Gasteiger partial charge in [-0.2, -0.15) is 0 Å². The van der Waals surface area contributed by atoms with E-state index < -0.39 is 5.91 Å². The zero-order valence-electron chi connectivity index (χ0n) is 16.5. The van der Waals surface area contributed by atoms with E-state index in [0.717, 1.165) is 28.0 Å². The third kappa shape index (κ3) is 4.04. The minimum absolute atomic E-state index is 0.139. The normalized spacial score (nSPS) is 14.3. The van der Waals surface area contributed by atoms with Crippen LogP contribution in [0.3, 0.4) is 0 Å². The molecule has 4 aromatic rings. The third-order valence-electron chi connectivity index (χ3n) is 5.02. The summed E-state index contributed by atoms with van der Waals surface area (Å²) in [5.74, 6) is 0.885. The molecule has 1 aliphatic heterocycles. The highest BCUT2D eigenvalue weighted by Crippen LogP contribution is 2.37. The van der Waals surface area contributed by atoms with Crippen LogP contribution in [0.2, 0.25) is 0 Å².